The number of carbonyl (C=O) groups excluding carboxylic acids is 1. The normalized spacial score (nSPS) is 23.6. The number of amides is 1. The lowest BCUT2D eigenvalue weighted by molar-refractivity contribution is -0.123. The summed E-state index contributed by atoms with van der Waals surface area (Å²) in [6, 6.07) is 0.926. The zero-order valence-electron chi connectivity index (χ0n) is 12.7. The minimum Gasteiger partial charge on any atom is -0.355 e. The Balaban J connectivity index is 2.36. The first kappa shape index (κ1) is 16.4. The van der Waals surface area contributed by atoms with E-state index in [9.17, 15) is 4.79 Å². The number of carbonyl (C=O) groups is 1. The van der Waals surface area contributed by atoms with Crippen LogP contribution in [0.15, 0.2) is 0 Å². The molecule has 1 aliphatic rings. The molecule has 3 N–H and O–H groups in total. The van der Waals surface area contributed by atoms with Crippen molar-refractivity contribution in [2.45, 2.75) is 70.9 Å². The summed E-state index contributed by atoms with van der Waals surface area (Å²) >= 11 is 0. The fourth-order valence-corrected chi connectivity index (χ4v) is 2.79. The first-order valence-electron chi connectivity index (χ1n) is 7.93. The summed E-state index contributed by atoms with van der Waals surface area (Å²) < 4.78 is 0. The molecule has 1 rings (SSSR count). The zero-order valence-corrected chi connectivity index (χ0v) is 12.7. The molecule has 0 bridgehead atoms. The third kappa shape index (κ3) is 6.39. The molecule has 4 nitrogen and oxygen atoms in total. The van der Waals surface area contributed by atoms with Crippen LogP contribution in [0.4, 0.5) is 0 Å². The van der Waals surface area contributed by atoms with E-state index < -0.39 is 0 Å². The smallest absolute Gasteiger partial charge is 0.234 e. The molecule has 0 heterocycles. The number of nitrogens with one attached hydrogen (secondary N) is 1. The maximum Gasteiger partial charge on any atom is 0.234 e. The van der Waals surface area contributed by atoms with E-state index in [1.807, 2.05) is 0 Å². The van der Waals surface area contributed by atoms with Crippen molar-refractivity contribution < 1.29 is 4.79 Å². The first-order chi connectivity index (χ1) is 9.17. The topological polar surface area (TPSA) is 58.4 Å². The number of nitrogens with zero attached hydrogens (tertiary/aromatic N) is 1. The molecule has 0 aromatic carbocycles. The molecule has 0 aromatic rings. The minimum absolute atomic E-state index is 0.178. The van der Waals surface area contributed by atoms with Crippen LogP contribution in [0.3, 0.4) is 0 Å². The maximum absolute atomic E-state index is 11.9. The third-order valence-electron chi connectivity index (χ3n) is 3.97. The maximum atomic E-state index is 11.9. The van der Waals surface area contributed by atoms with Crippen LogP contribution in [0.2, 0.25) is 0 Å². The minimum atomic E-state index is 0.178. The molecule has 1 aliphatic carbocycles. The van der Waals surface area contributed by atoms with Crippen molar-refractivity contribution >= 4 is 5.91 Å². The van der Waals surface area contributed by atoms with E-state index in [4.69, 9.17) is 5.73 Å². The highest BCUT2D eigenvalue weighted by Gasteiger charge is 2.24. The fourth-order valence-electron chi connectivity index (χ4n) is 2.79. The fraction of sp³-hybridized carbons (Fsp3) is 0.933. The van der Waals surface area contributed by atoms with Gasteiger partial charge in [-0.1, -0.05) is 20.3 Å². The molecule has 0 spiro atoms. The Morgan fingerprint density at radius 3 is 2.47 bits per heavy atom. The Labute approximate surface area is 118 Å². The summed E-state index contributed by atoms with van der Waals surface area (Å²) in [4.78, 5) is 14.3. The summed E-state index contributed by atoms with van der Waals surface area (Å²) in [5.74, 6) is 0.178. The number of unbranched alkanes of at least 4 members (excludes halogenated alkanes) is 1. The first-order valence-corrected chi connectivity index (χ1v) is 7.93. The van der Waals surface area contributed by atoms with Crippen LogP contribution in [0, 0.1) is 0 Å². The molecule has 112 valence electrons. The van der Waals surface area contributed by atoms with Crippen molar-refractivity contribution in [1.29, 1.82) is 0 Å². The van der Waals surface area contributed by atoms with Gasteiger partial charge in [0.25, 0.3) is 0 Å². The Morgan fingerprint density at radius 2 is 1.89 bits per heavy atom. The van der Waals surface area contributed by atoms with Gasteiger partial charge in [0.05, 0.1) is 6.54 Å². The molecule has 1 saturated carbocycles. The summed E-state index contributed by atoms with van der Waals surface area (Å²) in [6.45, 7) is 6.70. The highest BCUT2D eigenvalue weighted by molar-refractivity contribution is 5.78. The average molecular weight is 269 g/mol. The van der Waals surface area contributed by atoms with Crippen molar-refractivity contribution in [1.82, 2.24) is 10.2 Å². The second-order valence-electron chi connectivity index (χ2n) is 5.74. The standard InChI is InChI=1S/C15H31N3O/c1-3-5-10-17-15(19)12-18(11-4-2)14-8-6-13(16)7-9-14/h13-14H,3-12,16H2,1-2H3,(H,17,19). The molecule has 4 heteroatoms. The predicted molar refractivity (Wildman–Crippen MR) is 80.0 cm³/mol. The lowest BCUT2D eigenvalue weighted by Gasteiger charge is -2.35. The summed E-state index contributed by atoms with van der Waals surface area (Å²) in [5.41, 5.74) is 5.96. The number of rotatable bonds is 8. The monoisotopic (exact) mass is 269 g/mol. The van der Waals surface area contributed by atoms with Crippen molar-refractivity contribution in [3.8, 4) is 0 Å². The lowest BCUT2D eigenvalue weighted by atomic mass is 9.90. The molecule has 0 radical (unpaired) electrons. The van der Waals surface area contributed by atoms with E-state index in [0.29, 0.717) is 18.6 Å². The van der Waals surface area contributed by atoms with E-state index in [1.165, 1.54) is 0 Å². The van der Waals surface area contributed by atoms with Gasteiger partial charge in [-0.15, -0.1) is 0 Å². The van der Waals surface area contributed by atoms with Crippen LogP contribution in [-0.2, 0) is 4.79 Å². The highest BCUT2D eigenvalue weighted by atomic mass is 16.2. The molecule has 0 aliphatic heterocycles. The van der Waals surface area contributed by atoms with Crippen LogP contribution in [0.1, 0.15) is 58.8 Å². The van der Waals surface area contributed by atoms with Gasteiger partial charge in [0.2, 0.25) is 5.91 Å². The zero-order chi connectivity index (χ0) is 14.1. The highest BCUT2D eigenvalue weighted by Crippen LogP contribution is 2.22. The van der Waals surface area contributed by atoms with Gasteiger partial charge in [-0.2, -0.15) is 0 Å². The Morgan fingerprint density at radius 1 is 1.21 bits per heavy atom. The van der Waals surface area contributed by atoms with Crippen LogP contribution in [0.5, 0.6) is 0 Å². The number of nitrogens with two attached hydrogens (primary N) is 1. The predicted octanol–water partition coefficient (Wildman–Crippen LogP) is 1.88. The number of hydrogen-bond acceptors (Lipinski definition) is 3. The molecule has 19 heavy (non-hydrogen) atoms. The van der Waals surface area contributed by atoms with Gasteiger partial charge < -0.3 is 11.1 Å². The van der Waals surface area contributed by atoms with Gasteiger partial charge in [-0.3, -0.25) is 9.69 Å². The summed E-state index contributed by atoms with van der Waals surface area (Å²) in [7, 11) is 0. The van der Waals surface area contributed by atoms with Crippen molar-refractivity contribution in [2.75, 3.05) is 19.6 Å². The van der Waals surface area contributed by atoms with Crippen LogP contribution < -0.4 is 11.1 Å². The Hall–Kier alpha value is -0.610. The van der Waals surface area contributed by atoms with Crippen molar-refractivity contribution in [3.05, 3.63) is 0 Å². The quantitative estimate of drug-likeness (QED) is 0.662. The van der Waals surface area contributed by atoms with Crippen molar-refractivity contribution in [2.24, 2.45) is 5.73 Å². The van der Waals surface area contributed by atoms with E-state index in [-0.39, 0.29) is 5.91 Å². The van der Waals surface area contributed by atoms with E-state index in [1.54, 1.807) is 0 Å². The van der Waals surface area contributed by atoms with E-state index >= 15 is 0 Å². The van der Waals surface area contributed by atoms with Gasteiger partial charge in [-0.25, -0.2) is 0 Å². The second kappa shape index (κ2) is 9.32. The van der Waals surface area contributed by atoms with Crippen LogP contribution in [0.25, 0.3) is 0 Å². The average Bonchev–Trinajstić information content (AvgIpc) is 2.39. The summed E-state index contributed by atoms with van der Waals surface area (Å²) in [6.07, 6.45) is 7.78. The molecule has 0 unspecified atom stereocenters. The summed E-state index contributed by atoms with van der Waals surface area (Å²) in [5, 5.41) is 3.02. The largest absolute Gasteiger partial charge is 0.355 e. The van der Waals surface area contributed by atoms with Gasteiger partial charge in [0.1, 0.15) is 0 Å². The van der Waals surface area contributed by atoms with Gasteiger partial charge in [0.15, 0.2) is 0 Å². The molecule has 0 aromatic heterocycles. The second-order valence-corrected chi connectivity index (χ2v) is 5.74. The third-order valence-corrected chi connectivity index (χ3v) is 3.97. The molecule has 1 amide bonds. The molecule has 0 saturated heterocycles. The number of hydrogen-bond donors (Lipinski definition) is 2. The van der Waals surface area contributed by atoms with E-state index in [0.717, 1.165) is 58.0 Å². The molecule has 1 fully saturated rings. The van der Waals surface area contributed by atoms with Crippen molar-refractivity contribution in [3.63, 3.8) is 0 Å². The molecular weight excluding hydrogens is 238 g/mol. The molecule has 0 atom stereocenters. The van der Waals surface area contributed by atoms with Gasteiger partial charge >= 0.3 is 0 Å². The van der Waals surface area contributed by atoms with E-state index in [2.05, 4.69) is 24.1 Å². The molecular formula is C15H31N3O. The Bertz CT molecular complexity index is 250. The van der Waals surface area contributed by atoms with Crippen LogP contribution in [-0.4, -0.2) is 42.5 Å². The Kier molecular flexibility index (Phi) is 8.07. The van der Waals surface area contributed by atoms with Gasteiger partial charge in [-0.05, 0) is 45.1 Å². The van der Waals surface area contributed by atoms with Crippen LogP contribution >= 0.6 is 0 Å². The SMILES string of the molecule is CCCCNC(=O)CN(CCC)C1CCC(N)CC1. The lowest BCUT2D eigenvalue weighted by Crippen LogP contribution is -2.46. The van der Waals surface area contributed by atoms with Gasteiger partial charge in [0, 0.05) is 18.6 Å².